The second-order valence-corrected chi connectivity index (χ2v) is 5.46. The molecular formula is C15H17ClFNO2. The zero-order chi connectivity index (χ0) is 15.2. The Hall–Kier alpha value is -1.73. The highest BCUT2D eigenvalue weighted by molar-refractivity contribution is 6.31. The average molecular weight is 298 g/mol. The van der Waals surface area contributed by atoms with Crippen molar-refractivity contribution in [2.24, 2.45) is 0 Å². The fourth-order valence-corrected chi connectivity index (χ4v) is 1.47. The van der Waals surface area contributed by atoms with Crippen molar-refractivity contribution in [2.75, 3.05) is 6.54 Å². The molecule has 0 spiro atoms. The number of alkyl carbamates (subject to hydrolysis) is 1. The van der Waals surface area contributed by atoms with Crippen LogP contribution in [0.5, 0.6) is 0 Å². The number of rotatable bonds is 2. The number of carbonyl (C=O) groups is 1. The van der Waals surface area contributed by atoms with Gasteiger partial charge in [0.15, 0.2) is 0 Å². The average Bonchev–Trinajstić information content (AvgIpc) is 2.31. The van der Waals surface area contributed by atoms with Crippen LogP contribution in [0.25, 0.3) is 0 Å². The minimum Gasteiger partial charge on any atom is -0.444 e. The summed E-state index contributed by atoms with van der Waals surface area (Å²) in [4.78, 5) is 11.3. The van der Waals surface area contributed by atoms with Gasteiger partial charge in [-0.3, -0.25) is 0 Å². The lowest BCUT2D eigenvalue weighted by molar-refractivity contribution is 0.0529. The summed E-state index contributed by atoms with van der Waals surface area (Å²) in [5.74, 6) is 5.08. The molecule has 0 heterocycles. The van der Waals surface area contributed by atoms with Gasteiger partial charge in [-0.25, -0.2) is 9.18 Å². The molecule has 0 radical (unpaired) electrons. The Morgan fingerprint density at radius 3 is 2.80 bits per heavy atom. The Balaban J connectivity index is 2.41. The summed E-state index contributed by atoms with van der Waals surface area (Å²) >= 11 is 5.76. The monoisotopic (exact) mass is 297 g/mol. The number of nitrogens with one attached hydrogen (secondary N) is 1. The molecule has 0 saturated carbocycles. The van der Waals surface area contributed by atoms with Crippen molar-refractivity contribution in [3.8, 4) is 11.8 Å². The molecule has 1 aromatic carbocycles. The van der Waals surface area contributed by atoms with Gasteiger partial charge in [-0.2, -0.15) is 0 Å². The van der Waals surface area contributed by atoms with Gasteiger partial charge in [0.05, 0.1) is 5.02 Å². The third-order valence-electron chi connectivity index (χ3n) is 2.09. The summed E-state index contributed by atoms with van der Waals surface area (Å²) in [5, 5.41) is 2.59. The van der Waals surface area contributed by atoms with Crippen molar-refractivity contribution in [3.63, 3.8) is 0 Å². The number of benzene rings is 1. The van der Waals surface area contributed by atoms with Gasteiger partial charge in [0, 0.05) is 18.5 Å². The molecule has 0 aliphatic heterocycles. The van der Waals surface area contributed by atoms with Crippen molar-refractivity contribution >= 4 is 17.7 Å². The van der Waals surface area contributed by atoms with E-state index in [4.69, 9.17) is 16.3 Å². The minimum absolute atomic E-state index is 0.0140. The molecule has 108 valence electrons. The van der Waals surface area contributed by atoms with E-state index in [0.29, 0.717) is 18.5 Å². The van der Waals surface area contributed by atoms with E-state index >= 15 is 0 Å². The lowest BCUT2D eigenvalue weighted by Gasteiger charge is -2.19. The normalized spacial score (nSPS) is 10.4. The van der Waals surface area contributed by atoms with Crippen LogP contribution >= 0.6 is 11.6 Å². The molecule has 0 atom stereocenters. The number of carbonyl (C=O) groups excluding carboxylic acids is 1. The first-order chi connectivity index (χ1) is 9.29. The summed E-state index contributed by atoms with van der Waals surface area (Å²) < 4.78 is 18.2. The maximum atomic E-state index is 13.1. The Morgan fingerprint density at radius 2 is 2.15 bits per heavy atom. The summed E-state index contributed by atoms with van der Waals surface area (Å²) in [6, 6.07) is 4.46. The van der Waals surface area contributed by atoms with Gasteiger partial charge in [0.1, 0.15) is 11.4 Å². The highest BCUT2D eigenvalue weighted by atomic mass is 35.5. The molecule has 0 aliphatic rings. The van der Waals surface area contributed by atoms with Crippen molar-refractivity contribution < 1.29 is 13.9 Å². The van der Waals surface area contributed by atoms with Gasteiger partial charge in [0.2, 0.25) is 0 Å². The highest BCUT2D eigenvalue weighted by Crippen LogP contribution is 2.18. The predicted molar refractivity (Wildman–Crippen MR) is 77.1 cm³/mol. The zero-order valence-corrected chi connectivity index (χ0v) is 12.5. The van der Waals surface area contributed by atoms with Crippen molar-refractivity contribution in [1.82, 2.24) is 5.32 Å². The van der Waals surface area contributed by atoms with E-state index in [0.717, 1.165) is 0 Å². The second-order valence-electron chi connectivity index (χ2n) is 5.08. The Labute approximate surface area is 123 Å². The minimum atomic E-state index is -0.523. The molecule has 0 bridgehead atoms. The fraction of sp³-hybridized carbons (Fsp3) is 0.400. The summed E-state index contributed by atoms with van der Waals surface area (Å²) in [6.45, 7) is 5.73. The van der Waals surface area contributed by atoms with E-state index in [1.165, 1.54) is 6.07 Å². The largest absolute Gasteiger partial charge is 0.444 e. The van der Waals surface area contributed by atoms with Gasteiger partial charge in [-0.15, -0.1) is 0 Å². The van der Waals surface area contributed by atoms with Crippen molar-refractivity contribution in [2.45, 2.75) is 32.8 Å². The van der Waals surface area contributed by atoms with Crippen LogP contribution in [0.3, 0.4) is 0 Å². The fourth-order valence-electron chi connectivity index (χ4n) is 1.30. The van der Waals surface area contributed by atoms with Gasteiger partial charge < -0.3 is 10.1 Å². The Bertz CT molecular complexity index is 541. The van der Waals surface area contributed by atoms with Crippen LogP contribution in [0.1, 0.15) is 32.8 Å². The van der Waals surface area contributed by atoms with E-state index in [1.54, 1.807) is 32.9 Å². The summed E-state index contributed by atoms with van der Waals surface area (Å²) in [5.41, 5.74) is -0.0888. The van der Waals surface area contributed by atoms with Gasteiger partial charge in [-0.1, -0.05) is 29.5 Å². The number of hydrogen-bond acceptors (Lipinski definition) is 2. The van der Waals surface area contributed by atoms with E-state index < -0.39 is 17.5 Å². The molecule has 0 aliphatic carbocycles. The van der Waals surface area contributed by atoms with E-state index in [1.807, 2.05) is 0 Å². The summed E-state index contributed by atoms with van der Waals surface area (Å²) in [6.07, 6.45) is -0.0605. The smallest absolute Gasteiger partial charge is 0.407 e. The molecule has 1 amide bonds. The first kappa shape index (κ1) is 16.3. The molecule has 3 nitrogen and oxygen atoms in total. The number of ether oxygens (including phenoxy) is 1. The molecule has 0 saturated heterocycles. The Morgan fingerprint density at radius 1 is 1.45 bits per heavy atom. The third-order valence-corrected chi connectivity index (χ3v) is 2.48. The van der Waals surface area contributed by atoms with Gasteiger partial charge in [0.25, 0.3) is 0 Å². The SMILES string of the molecule is CC(C)(C)OC(=O)NCCC#Cc1cccc(F)c1Cl. The van der Waals surface area contributed by atoms with E-state index in [9.17, 15) is 9.18 Å². The number of amides is 1. The van der Waals surface area contributed by atoms with Crippen molar-refractivity contribution in [1.29, 1.82) is 0 Å². The number of hydrogen-bond donors (Lipinski definition) is 1. The standard InChI is InChI=1S/C15H17ClFNO2/c1-15(2,3)20-14(19)18-10-5-4-7-11-8-6-9-12(17)13(11)16/h6,8-9H,5,10H2,1-3H3,(H,18,19). The Kier molecular flexibility index (Phi) is 5.84. The molecule has 1 aromatic rings. The molecule has 20 heavy (non-hydrogen) atoms. The quantitative estimate of drug-likeness (QED) is 0.667. The van der Waals surface area contributed by atoms with Crippen LogP contribution in [0.2, 0.25) is 5.02 Å². The molecular weight excluding hydrogens is 281 g/mol. The lowest BCUT2D eigenvalue weighted by Crippen LogP contribution is -2.32. The van der Waals surface area contributed by atoms with Crippen LogP contribution in [0, 0.1) is 17.7 Å². The second kappa shape index (κ2) is 7.16. The zero-order valence-electron chi connectivity index (χ0n) is 11.7. The molecule has 0 fully saturated rings. The predicted octanol–water partition coefficient (Wildman–Crippen LogP) is 3.75. The third kappa shape index (κ3) is 5.94. The molecule has 5 heteroatoms. The van der Waals surface area contributed by atoms with Crippen LogP contribution in [0.15, 0.2) is 18.2 Å². The number of halogens is 2. The van der Waals surface area contributed by atoms with Gasteiger partial charge >= 0.3 is 6.09 Å². The summed E-state index contributed by atoms with van der Waals surface area (Å²) in [7, 11) is 0. The maximum Gasteiger partial charge on any atom is 0.407 e. The highest BCUT2D eigenvalue weighted by Gasteiger charge is 2.15. The van der Waals surface area contributed by atoms with Gasteiger partial charge in [-0.05, 0) is 32.9 Å². The van der Waals surface area contributed by atoms with E-state index in [2.05, 4.69) is 17.2 Å². The first-order valence-corrected chi connectivity index (χ1v) is 6.57. The topological polar surface area (TPSA) is 38.3 Å². The van der Waals surface area contributed by atoms with Crippen LogP contribution in [-0.4, -0.2) is 18.2 Å². The van der Waals surface area contributed by atoms with E-state index in [-0.39, 0.29) is 5.02 Å². The molecule has 1 N–H and O–H groups in total. The maximum absolute atomic E-state index is 13.1. The van der Waals surface area contributed by atoms with Crippen LogP contribution < -0.4 is 5.32 Å². The molecule has 0 aromatic heterocycles. The molecule has 0 unspecified atom stereocenters. The lowest BCUT2D eigenvalue weighted by atomic mass is 10.2. The molecule has 1 rings (SSSR count). The van der Waals surface area contributed by atoms with Crippen LogP contribution in [-0.2, 0) is 4.74 Å². The first-order valence-electron chi connectivity index (χ1n) is 6.19. The van der Waals surface area contributed by atoms with Crippen molar-refractivity contribution in [3.05, 3.63) is 34.6 Å². The van der Waals surface area contributed by atoms with Crippen LogP contribution in [0.4, 0.5) is 9.18 Å².